The summed E-state index contributed by atoms with van der Waals surface area (Å²) in [7, 11) is -4.27. The summed E-state index contributed by atoms with van der Waals surface area (Å²) in [4.78, 5) is 28.3. The van der Waals surface area contributed by atoms with E-state index in [0.29, 0.717) is 22.2 Å². The second kappa shape index (κ2) is 14.6. The topological polar surface area (TPSA) is 86.8 Å². The van der Waals surface area contributed by atoms with E-state index < -0.39 is 34.4 Å². The van der Waals surface area contributed by atoms with Crippen LogP contribution in [-0.4, -0.2) is 44.3 Å². The van der Waals surface area contributed by atoms with Gasteiger partial charge in [0.05, 0.1) is 10.6 Å². The molecule has 220 valence electrons. The van der Waals surface area contributed by atoms with Crippen LogP contribution in [0.3, 0.4) is 0 Å². The Bertz CT molecular complexity index is 1460. The number of benzene rings is 3. The molecule has 2 amide bonds. The normalized spacial score (nSPS) is 12.1. The zero-order chi connectivity index (χ0) is 30.3. The van der Waals surface area contributed by atoms with Gasteiger partial charge in [-0.3, -0.25) is 13.9 Å². The number of halogens is 4. The Morgan fingerprint density at radius 1 is 0.927 bits per heavy atom. The van der Waals surface area contributed by atoms with Crippen LogP contribution in [0.5, 0.6) is 0 Å². The number of anilines is 1. The Balaban J connectivity index is 2.07. The third-order valence-corrected chi connectivity index (χ3v) is 9.34. The number of nitrogens with one attached hydrogen (secondary N) is 1. The lowest BCUT2D eigenvalue weighted by Gasteiger charge is -2.32. The first kappa shape index (κ1) is 33.0. The first-order valence-electron chi connectivity index (χ1n) is 12.9. The summed E-state index contributed by atoms with van der Waals surface area (Å²) in [6.07, 6.45) is 1.64. The van der Waals surface area contributed by atoms with Gasteiger partial charge in [0, 0.05) is 38.7 Å². The molecule has 0 fully saturated rings. The molecule has 3 rings (SSSR count). The van der Waals surface area contributed by atoms with Crippen molar-refractivity contribution >= 4 is 73.9 Å². The number of amides is 2. The Labute approximate surface area is 261 Å². The summed E-state index contributed by atoms with van der Waals surface area (Å²) in [5.41, 5.74) is 1.38. The van der Waals surface area contributed by atoms with E-state index in [1.54, 1.807) is 37.3 Å². The molecule has 0 heterocycles. The second-order valence-corrected chi connectivity index (χ2v) is 13.0. The molecular weight excluding hydrogens is 628 g/mol. The molecule has 0 aliphatic carbocycles. The minimum atomic E-state index is -4.27. The number of sulfonamides is 1. The van der Waals surface area contributed by atoms with Gasteiger partial charge < -0.3 is 10.2 Å². The van der Waals surface area contributed by atoms with Crippen LogP contribution in [0.15, 0.2) is 65.6 Å². The van der Waals surface area contributed by atoms with Crippen LogP contribution in [0, 0.1) is 6.92 Å². The Morgan fingerprint density at radius 2 is 1.51 bits per heavy atom. The molecule has 0 spiro atoms. The maximum absolute atomic E-state index is 14.0. The van der Waals surface area contributed by atoms with E-state index >= 15 is 0 Å². The van der Waals surface area contributed by atoms with Crippen molar-refractivity contribution in [2.75, 3.05) is 17.4 Å². The highest BCUT2D eigenvalue weighted by Gasteiger charge is 2.33. The van der Waals surface area contributed by atoms with Crippen molar-refractivity contribution in [2.45, 2.75) is 51.1 Å². The van der Waals surface area contributed by atoms with E-state index in [2.05, 4.69) is 5.32 Å². The molecule has 0 bridgehead atoms. The van der Waals surface area contributed by atoms with Crippen LogP contribution >= 0.6 is 46.4 Å². The van der Waals surface area contributed by atoms with Crippen LogP contribution in [0.2, 0.25) is 20.1 Å². The Kier molecular flexibility index (Phi) is 11.8. The van der Waals surface area contributed by atoms with Crippen molar-refractivity contribution in [1.29, 1.82) is 0 Å². The maximum atomic E-state index is 14.0. The van der Waals surface area contributed by atoms with Crippen molar-refractivity contribution in [3.63, 3.8) is 0 Å². The minimum Gasteiger partial charge on any atom is -0.354 e. The molecule has 0 unspecified atom stereocenters. The zero-order valence-corrected chi connectivity index (χ0v) is 26.7. The third-order valence-electron chi connectivity index (χ3n) is 6.41. The summed E-state index contributed by atoms with van der Waals surface area (Å²) in [5.74, 6) is -1.06. The molecule has 12 heteroatoms. The zero-order valence-electron chi connectivity index (χ0n) is 22.8. The highest BCUT2D eigenvalue weighted by atomic mass is 35.5. The van der Waals surface area contributed by atoms with Gasteiger partial charge in [0.15, 0.2) is 0 Å². The monoisotopic (exact) mass is 657 g/mol. The predicted molar refractivity (Wildman–Crippen MR) is 167 cm³/mol. The number of nitrogens with zero attached hydrogens (tertiary/aromatic N) is 2. The molecule has 0 radical (unpaired) electrons. The lowest BCUT2D eigenvalue weighted by Crippen LogP contribution is -2.51. The third kappa shape index (κ3) is 8.52. The maximum Gasteiger partial charge on any atom is 0.264 e. The first-order valence-corrected chi connectivity index (χ1v) is 15.9. The highest BCUT2D eigenvalue weighted by Crippen LogP contribution is 2.31. The molecule has 7 nitrogen and oxygen atoms in total. The number of carbonyl (C=O) groups is 2. The number of unbranched alkanes of at least 4 members (excludes halogenated alkanes) is 1. The van der Waals surface area contributed by atoms with Crippen LogP contribution in [-0.2, 0) is 26.2 Å². The van der Waals surface area contributed by atoms with Crippen molar-refractivity contribution in [3.8, 4) is 0 Å². The van der Waals surface area contributed by atoms with Crippen LogP contribution in [0.1, 0.15) is 37.8 Å². The number of hydrogen-bond donors (Lipinski definition) is 1. The van der Waals surface area contributed by atoms with Gasteiger partial charge in [-0.15, -0.1) is 0 Å². The fourth-order valence-corrected chi connectivity index (χ4v) is 6.45. The Morgan fingerprint density at radius 3 is 2.07 bits per heavy atom. The predicted octanol–water partition coefficient (Wildman–Crippen LogP) is 7.14. The smallest absolute Gasteiger partial charge is 0.264 e. The van der Waals surface area contributed by atoms with Gasteiger partial charge in [-0.25, -0.2) is 8.42 Å². The number of rotatable bonds is 12. The molecule has 3 aromatic rings. The molecule has 0 aliphatic heterocycles. The van der Waals surface area contributed by atoms with E-state index in [1.165, 1.54) is 35.2 Å². The SMILES string of the molecule is CCCCNC(=O)[C@H](C)N(Cc1c(Cl)cccc1Cl)C(=O)CN(c1cc(Cl)cc(Cl)c1)S(=O)(=O)c1ccc(C)cc1. The summed E-state index contributed by atoms with van der Waals surface area (Å²) < 4.78 is 28.8. The molecule has 1 atom stereocenters. The average molecular weight is 659 g/mol. The average Bonchev–Trinajstić information content (AvgIpc) is 2.90. The molecule has 1 N–H and O–H groups in total. The molecule has 0 saturated carbocycles. The molecule has 3 aromatic carbocycles. The first-order chi connectivity index (χ1) is 19.3. The number of aryl methyl sites for hydroxylation is 1. The highest BCUT2D eigenvalue weighted by molar-refractivity contribution is 7.92. The fraction of sp³-hybridized carbons (Fsp3) is 0.310. The molecule has 0 saturated heterocycles. The molecule has 0 aliphatic rings. The van der Waals surface area contributed by atoms with Crippen LogP contribution in [0.25, 0.3) is 0 Å². The quantitative estimate of drug-likeness (QED) is 0.210. The minimum absolute atomic E-state index is 0.0296. The van der Waals surface area contributed by atoms with Gasteiger partial charge in [0.25, 0.3) is 10.0 Å². The van der Waals surface area contributed by atoms with Crippen molar-refractivity contribution in [2.24, 2.45) is 0 Å². The lowest BCUT2D eigenvalue weighted by molar-refractivity contribution is -0.139. The second-order valence-electron chi connectivity index (χ2n) is 9.49. The van der Waals surface area contributed by atoms with E-state index in [4.69, 9.17) is 46.4 Å². The summed E-state index contributed by atoms with van der Waals surface area (Å²) in [6, 6.07) is 14.4. The van der Waals surface area contributed by atoms with Crippen molar-refractivity contribution < 1.29 is 18.0 Å². The van der Waals surface area contributed by atoms with Crippen LogP contribution in [0.4, 0.5) is 5.69 Å². The van der Waals surface area contributed by atoms with Crippen molar-refractivity contribution in [3.05, 3.63) is 91.9 Å². The lowest BCUT2D eigenvalue weighted by atomic mass is 10.1. The summed E-state index contributed by atoms with van der Waals surface area (Å²) >= 11 is 25.3. The summed E-state index contributed by atoms with van der Waals surface area (Å²) in [5, 5.41) is 3.81. The number of carbonyl (C=O) groups excluding carboxylic acids is 2. The summed E-state index contributed by atoms with van der Waals surface area (Å²) in [6.45, 7) is 5.05. The van der Waals surface area contributed by atoms with E-state index in [9.17, 15) is 18.0 Å². The standard InChI is InChI=1S/C29H31Cl4N3O4S/c1-4-5-13-34-29(38)20(3)35(17-25-26(32)7-6-8-27(25)33)28(37)18-36(23-15-21(30)14-22(31)16-23)41(39,40)24-11-9-19(2)10-12-24/h6-12,14-16,20H,4-5,13,17-18H2,1-3H3,(H,34,38)/t20-/m0/s1. The number of hydrogen-bond acceptors (Lipinski definition) is 4. The van der Waals surface area contributed by atoms with Crippen LogP contribution < -0.4 is 9.62 Å². The van der Waals surface area contributed by atoms with Crippen molar-refractivity contribution in [1.82, 2.24) is 10.2 Å². The van der Waals surface area contributed by atoms with Gasteiger partial charge in [-0.2, -0.15) is 0 Å². The van der Waals surface area contributed by atoms with E-state index in [-0.39, 0.29) is 27.2 Å². The molecular formula is C29H31Cl4N3O4S. The van der Waals surface area contributed by atoms with Gasteiger partial charge >= 0.3 is 0 Å². The largest absolute Gasteiger partial charge is 0.354 e. The van der Waals surface area contributed by atoms with Gasteiger partial charge in [-0.1, -0.05) is 83.5 Å². The van der Waals surface area contributed by atoms with E-state index in [0.717, 1.165) is 22.7 Å². The van der Waals surface area contributed by atoms with Gasteiger partial charge in [0.2, 0.25) is 11.8 Å². The van der Waals surface area contributed by atoms with Gasteiger partial charge in [0.1, 0.15) is 12.6 Å². The van der Waals surface area contributed by atoms with Gasteiger partial charge in [-0.05, 0) is 62.7 Å². The fourth-order valence-electron chi connectivity index (χ4n) is 4.02. The Hall–Kier alpha value is -2.49. The molecule has 0 aromatic heterocycles. The molecule has 41 heavy (non-hydrogen) atoms. The van der Waals surface area contributed by atoms with E-state index in [1.807, 2.05) is 13.8 Å².